The topological polar surface area (TPSA) is 64.4 Å². The van der Waals surface area contributed by atoms with Crippen LogP contribution in [0.2, 0.25) is 10.0 Å². The van der Waals surface area contributed by atoms with Gasteiger partial charge in [-0.1, -0.05) is 35.3 Å². The first-order valence-corrected chi connectivity index (χ1v) is 10.6. The number of benzene rings is 2. The molecule has 4 aromatic rings. The summed E-state index contributed by atoms with van der Waals surface area (Å²) in [5.41, 5.74) is 4.75. The highest BCUT2D eigenvalue weighted by molar-refractivity contribution is 6.36. The van der Waals surface area contributed by atoms with E-state index in [-0.39, 0.29) is 5.91 Å². The van der Waals surface area contributed by atoms with Crippen LogP contribution < -0.4 is 10.1 Å². The van der Waals surface area contributed by atoms with Crippen molar-refractivity contribution in [1.82, 2.24) is 10.3 Å². The summed E-state index contributed by atoms with van der Waals surface area (Å²) in [4.78, 5) is 16.5. The number of halogens is 2. The summed E-state index contributed by atoms with van der Waals surface area (Å²) in [5.74, 6) is 0.399. The molecule has 2 heterocycles. The van der Waals surface area contributed by atoms with Gasteiger partial charge >= 0.3 is 0 Å². The largest absolute Gasteiger partial charge is 0.496 e. The van der Waals surface area contributed by atoms with Crippen LogP contribution in [0, 0.1) is 0 Å². The van der Waals surface area contributed by atoms with Crippen molar-refractivity contribution >= 4 is 45.7 Å². The maximum atomic E-state index is 12.5. The van der Waals surface area contributed by atoms with Crippen LogP contribution >= 0.6 is 23.2 Å². The Balaban J connectivity index is 1.67. The molecule has 4 rings (SSSR count). The molecule has 0 unspecified atom stereocenters. The summed E-state index contributed by atoms with van der Waals surface area (Å²) in [6, 6.07) is 12.8. The molecule has 162 valence electrons. The minimum atomic E-state index is -0.207. The number of aromatic nitrogens is 1. The van der Waals surface area contributed by atoms with Crippen LogP contribution in [0.3, 0.4) is 0 Å². The lowest BCUT2D eigenvalue weighted by Crippen LogP contribution is -2.20. The standard InChI is InChI=1S/C25H20Cl2N2O3/c1-15(8-25(30)29-13-16-4-3-7-28-12-16)19-10-20-21(14-32-24(20)11-23(19)31-2)18-6-5-17(26)9-22(18)27/h3-12,14H,13H2,1-2H3,(H,29,30)/b15-8+. The number of furan rings is 1. The molecule has 32 heavy (non-hydrogen) atoms. The molecule has 0 radical (unpaired) electrons. The lowest BCUT2D eigenvalue weighted by molar-refractivity contribution is -0.116. The van der Waals surface area contributed by atoms with E-state index in [1.807, 2.05) is 37.3 Å². The molecule has 0 bridgehead atoms. The molecule has 1 N–H and O–H groups in total. The molecular weight excluding hydrogens is 447 g/mol. The third-order valence-electron chi connectivity index (χ3n) is 5.08. The van der Waals surface area contributed by atoms with Crippen LogP contribution in [0.25, 0.3) is 27.7 Å². The van der Waals surface area contributed by atoms with E-state index in [1.54, 1.807) is 44.0 Å². The summed E-state index contributed by atoms with van der Waals surface area (Å²) < 4.78 is 11.3. The maximum Gasteiger partial charge on any atom is 0.244 e. The van der Waals surface area contributed by atoms with Crippen molar-refractivity contribution in [2.24, 2.45) is 0 Å². The van der Waals surface area contributed by atoms with E-state index in [1.165, 1.54) is 0 Å². The number of nitrogens with zero attached hydrogens (tertiary/aromatic N) is 1. The van der Waals surface area contributed by atoms with Gasteiger partial charge in [-0.25, -0.2) is 0 Å². The van der Waals surface area contributed by atoms with Crippen molar-refractivity contribution in [3.63, 3.8) is 0 Å². The number of rotatable bonds is 6. The normalized spacial score (nSPS) is 11.6. The zero-order chi connectivity index (χ0) is 22.7. The fourth-order valence-electron chi connectivity index (χ4n) is 3.47. The van der Waals surface area contributed by atoms with Gasteiger partial charge in [0.05, 0.1) is 18.4 Å². The number of pyridine rings is 1. The predicted octanol–water partition coefficient (Wildman–Crippen LogP) is 6.53. The van der Waals surface area contributed by atoms with Gasteiger partial charge in [0, 0.05) is 58.2 Å². The number of allylic oxidation sites excluding steroid dienone is 1. The monoisotopic (exact) mass is 466 g/mol. The first-order chi connectivity index (χ1) is 15.5. The van der Waals surface area contributed by atoms with Crippen LogP contribution in [0.1, 0.15) is 18.1 Å². The molecule has 0 spiro atoms. The van der Waals surface area contributed by atoms with Crippen LogP contribution in [0.15, 0.2) is 71.6 Å². The van der Waals surface area contributed by atoms with Crippen LogP contribution in [-0.4, -0.2) is 18.0 Å². The number of hydrogen-bond acceptors (Lipinski definition) is 4. The molecule has 0 aliphatic heterocycles. The van der Waals surface area contributed by atoms with Crippen LogP contribution in [0.4, 0.5) is 0 Å². The average molecular weight is 467 g/mol. The van der Waals surface area contributed by atoms with Gasteiger partial charge in [0.2, 0.25) is 5.91 Å². The zero-order valence-corrected chi connectivity index (χ0v) is 19.0. The molecule has 1 amide bonds. The summed E-state index contributed by atoms with van der Waals surface area (Å²) in [5, 5.41) is 4.82. The van der Waals surface area contributed by atoms with Gasteiger partial charge in [0.15, 0.2) is 0 Å². The summed E-state index contributed by atoms with van der Waals surface area (Å²) >= 11 is 12.5. The van der Waals surface area contributed by atoms with Crippen molar-refractivity contribution in [2.45, 2.75) is 13.5 Å². The highest BCUT2D eigenvalue weighted by Gasteiger charge is 2.16. The predicted molar refractivity (Wildman–Crippen MR) is 128 cm³/mol. The Hall–Kier alpha value is -3.28. The number of fused-ring (bicyclic) bond motifs is 1. The lowest BCUT2D eigenvalue weighted by Gasteiger charge is -2.10. The molecule has 0 fully saturated rings. The third-order valence-corrected chi connectivity index (χ3v) is 5.63. The summed E-state index contributed by atoms with van der Waals surface area (Å²) in [6.07, 6.45) is 6.62. The Morgan fingerprint density at radius 2 is 2.03 bits per heavy atom. The lowest BCUT2D eigenvalue weighted by atomic mass is 9.99. The van der Waals surface area contributed by atoms with Gasteiger partial charge in [0.25, 0.3) is 0 Å². The minimum Gasteiger partial charge on any atom is -0.496 e. The number of amides is 1. The molecule has 2 aromatic carbocycles. The first kappa shape index (κ1) is 21.9. The number of hydrogen-bond donors (Lipinski definition) is 1. The Morgan fingerprint density at radius 3 is 2.75 bits per heavy atom. The second kappa shape index (κ2) is 9.47. The Labute approximate surface area is 195 Å². The second-order valence-electron chi connectivity index (χ2n) is 7.23. The average Bonchev–Trinajstić information content (AvgIpc) is 3.20. The molecule has 0 saturated heterocycles. The van der Waals surface area contributed by atoms with Gasteiger partial charge in [-0.05, 0) is 42.3 Å². The number of methoxy groups -OCH3 is 1. The van der Waals surface area contributed by atoms with Gasteiger partial charge in [-0.15, -0.1) is 0 Å². The van der Waals surface area contributed by atoms with Crippen molar-refractivity contribution in [1.29, 1.82) is 0 Å². The van der Waals surface area contributed by atoms with E-state index in [4.69, 9.17) is 32.4 Å². The Bertz CT molecular complexity index is 1310. The molecule has 5 nitrogen and oxygen atoms in total. The molecule has 2 aromatic heterocycles. The van der Waals surface area contributed by atoms with Gasteiger partial charge < -0.3 is 14.5 Å². The Morgan fingerprint density at radius 1 is 1.19 bits per heavy atom. The van der Waals surface area contributed by atoms with Crippen LogP contribution in [-0.2, 0) is 11.3 Å². The van der Waals surface area contributed by atoms with Crippen molar-refractivity contribution in [2.75, 3.05) is 7.11 Å². The summed E-state index contributed by atoms with van der Waals surface area (Å²) in [6.45, 7) is 2.26. The molecular formula is C25H20Cl2N2O3. The van der Waals surface area contributed by atoms with Gasteiger partial charge in [-0.3, -0.25) is 9.78 Å². The third kappa shape index (κ3) is 4.64. The first-order valence-electron chi connectivity index (χ1n) is 9.86. The Kier molecular flexibility index (Phi) is 6.49. The van der Waals surface area contributed by atoms with Gasteiger partial charge in [-0.2, -0.15) is 0 Å². The molecule has 7 heteroatoms. The van der Waals surface area contributed by atoms with Crippen molar-refractivity contribution < 1.29 is 13.9 Å². The smallest absolute Gasteiger partial charge is 0.244 e. The number of ether oxygens (including phenoxy) is 1. The van der Waals surface area contributed by atoms with Crippen LogP contribution in [0.5, 0.6) is 5.75 Å². The quantitative estimate of drug-likeness (QED) is 0.328. The van der Waals surface area contributed by atoms with Crippen molar-refractivity contribution in [3.8, 4) is 16.9 Å². The highest BCUT2D eigenvalue weighted by Crippen LogP contribution is 2.40. The van der Waals surface area contributed by atoms with E-state index in [0.717, 1.165) is 33.2 Å². The zero-order valence-electron chi connectivity index (χ0n) is 17.5. The number of nitrogens with one attached hydrogen (secondary N) is 1. The maximum absolute atomic E-state index is 12.5. The fourth-order valence-corrected chi connectivity index (χ4v) is 3.98. The van der Waals surface area contributed by atoms with Crippen molar-refractivity contribution in [3.05, 3.63) is 88.4 Å². The molecule has 0 aliphatic rings. The minimum absolute atomic E-state index is 0.207. The number of carbonyl (C=O) groups excluding carboxylic acids is 1. The SMILES string of the molecule is COc1cc2occ(-c3ccc(Cl)cc3Cl)c2cc1/C(C)=C/C(=O)NCc1cccnc1. The van der Waals surface area contributed by atoms with E-state index in [0.29, 0.717) is 27.9 Å². The molecule has 0 saturated carbocycles. The molecule has 0 atom stereocenters. The highest BCUT2D eigenvalue weighted by atomic mass is 35.5. The van der Waals surface area contributed by atoms with E-state index in [2.05, 4.69) is 10.3 Å². The van der Waals surface area contributed by atoms with Gasteiger partial charge in [0.1, 0.15) is 11.3 Å². The summed E-state index contributed by atoms with van der Waals surface area (Å²) in [7, 11) is 1.58. The van der Waals surface area contributed by atoms with E-state index < -0.39 is 0 Å². The molecule has 0 aliphatic carbocycles. The van der Waals surface area contributed by atoms with E-state index >= 15 is 0 Å². The second-order valence-corrected chi connectivity index (χ2v) is 8.07. The number of carbonyl (C=O) groups is 1. The van der Waals surface area contributed by atoms with E-state index in [9.17, 15) is 4.79 Å². The fraction of sp³-hybridized carbons (Fsp3) is 0.120.